The first kappa shape index (κ1) is 11.8. The number of hydrogen-bond donors (Lipinski definition) is 1. The van der Waals surface area contributed by atoms with E-state index in [1.807, 2.05) is 25.5 Å². The van der Waals surface area contributed by atoms with Crippen LogP contribution in [0.3, 0.4) is 0 Å². The van der Waals surface area contributed by atoms with Crippen LogP contribution < -0.4 is 5.32 Å². The second-order valence-electron chi connectivity index (χ2n) is 4.25. The summed E-state index contributed by atoms with van der Waals surface area (Å²) in [5.41, 5.74) is 3.98. The Labute approximate surface area is 103 Å². The zero-order valence-corrected chi connectivity index (χ0v) is 10.4. The standard InChI is InChI=1S/C15H18N2/c1-12(16-2)15-8-4-3-7-14(15)10-13-6-5-9-17-11-13/h3-9,11-12,16H,10H2,1-2H3. The Kier molecular flexibility index (Phi) is 3.89. The van der Waals surface area contributed by atoms with E-state index >= 15 is 0 Å². The highest BCUT2D eigenvalue weighted by Crippen LogP contribution is 2.20. The first-order valence-electron chi connectivity index (χ1n) is 5.95. The van der Waals surface area contributed by atoms with E-state index in [1.54, 1.807) is 0 Å². The SMILES string of the molecule is CNC(C)c1ccccc1Cc1cccnc1. The monoisotopic (exact) mass is 226 g/mol. The highest BCUT2D eigenvalue weighted by molar-refractivity contribution is 5.33. The molecule has 0 radical (unpaired) electrons. The fraction of sp³-hybridized carbons (Fsp3) is 0.267. The summed E-state index contributed by atoms with van der Waals surface area (Å²) in [6, 6.07) is 13.0. The van der Waals surface area contributed by atoms with Gasteiger partial charge in [-0.3, -0.25) is 4.98 Å². The second-order valence-corrected chi connectivity index (χ2v) is 4.25. The summed E-state index contributed by atoms with van der Waals surface area (Å²) in [5.74, 6) is 0. The van der Waals surface area contributed by atoms with E-state index in [2.05, 4.69) is 47.6 Å². The number of pyridine rings is 1. The van der Waals surface area contributed by atoms with Crippen molar-refractivity contribution in [2.24, 2.45) is 0 Å². The van der Waals surface area contributed by atoms with Gasteiger partial charge in [-0.2, -0.15) is 0 Å². The van der Waals surface area contributed by atoms with Gasteiger partial charge in [0.15, 0.2) is 0 Å². The van der Waals surface area contributed by atoms with Crippen molar-refractivity contribution in [3.8, 4) is 0 Å². The molecular weight excluding hydrogens is 208 g/mol. The lowest BCUT2D eigenvalue weighted by atomic mass is 9.97. The Morgan fingerprint density at radius 2 is 2.00 bits per heavy atom. The van der Waals surface area contributed by atoms with Crippen LogP contribution in [-0.4, -0.2) is 12.0 Å². The van der Waals surface area contributed by atoms with Crippen molar-refractivity contribution in [2.45, 2.75) is 19.4 Å². The molecule has 1 N–H and O–H groups in total. The van der Waals surface area contributed by atoms with Gasteiger partial charge in [-0.1, -0.05) is 30.3 Å². The van der Waals surface area contributed by atoms with Gasteiger partial charge in [0.1, 0.15) is 0 Å². The molecule has 2 heteroatoms. The van der Waals surface area contributed by atoms with Crippen LogP contribution in [0, 0.1) is 0 Å². The third-order valence-corrected chi connectivity index (χ3v) is 3.07. The number of nitrogens with zero attached hydrogens (tertiary/aromatic N) is 1. The van der Waals surface area contributed by atoms with Gasteiger partial charge in [0.05, 0.1) is 0 Å². The van der Waals surface area contributed by atoms with Gasteiger partial charge < -0.3 is 5.32 Å². The van der Waals surface area contributed by atoms with Gasteiger partial charge in [0, 0.05) is 18.4 Å². The van der Waals surface area contributed by atoms with Crippen molar-refractivity contribution < 1.29 is 0 Å². The minimum absolute atomic E-state index is 0.378. The molecule has 1 heterocycles. The van der Waals surface area contributed by atoms with Gasteiger partial charge in [-0.15, -0.1) is 0 Å². The molecule has 1 aromatic heterocycles. The van der Waals surface area contributed by atoms with Crippen LogP contribution in [0.1, 0.15) is 29.7 Å². The summed E-state index contributed by atoms with van der Waals surface area (Å²) in [6.07, 6.45) is 4.68. The minimum atomic E-state index is 0.378. The maximum atomic E-state index is 4.16. The summed E-state index contributed by atoms with van der Waals surface area (Å²) in [5, 5.41) is 3.29. The topological polar surface area (TPSA) is 24.9 Å². The Balaban J connectivity index is 2.27. The Morgan fingerprint density at radius 3 is 2.71 bits per heavy atom. The molecule has 0 amide bonds. The minimum Gasteiger partial charge on any atom is -0.313 e. The molecule has 0 aliphatic rings. The van der Waals surface area contributed by atoms with E-state index in [1.165, 1.54) is 16.7 Å². The summed E-state index contributed by atoms with van der Waals surface area (Å²) < 4.78 is 0. The van der Waals surface area contributed by atoms with E-state index in [4.69, 9.17) is 0 Å². The van der Waals surface area contributed by atoms with E-state index < -0.39 is 0 Å². The van der Waals surface area contributed by atoms with Crippen LogP contribution in [0.15, 0.2) is 48.8 Å². The highest BCUT2D eigenvalue weighted by atomic mass is 14.9. The molecule has 0 bridgehead atoms. The molecule has 1 atom stereocenters. The maximum Gasteiger partial charge on any atom is 0.0303 e. The zero-order valence-electron chi connectivity index (χ0n) is 10.4. The average Bonchev–Trinajstić information content (AvgIpc) is 2.40. The van der Waals surface area contributed by atoms with Crippen molar-refractivity contribution in [3.05, 3.63) is 65.5 Å². The molecule has 0 fully saturated rings. The summed E-state index contributed by atoms with van der Waals surface area (Å²) in [6.45, 7) is 2.18. The van der Waals surface area contributed by atoms with E-state index in [0.717, 1.165) is 6.42 Å². The lowest BCUT2D eigenvalue weighted by Crippen LogP contribution is -2.14. The van der Waals surface area contributed by atoms with Crippen LogP contribution >= 0.6 is 0 Å². The zero-order chi connectivity index (χ0) is 12.1. The quantitative estimate of drug-likeness (QED) is 0.867. The highest BCUT2D eigenvalue weighted by Gasteiger charge is 2.08. The first-order valence-corrected chi connectivity index (χ1v) is 5.95. The fourth-order valence-corrected chi connectivity index (χ4v) is 2.00. The van der Waals surface area contributed by atoms with Crippen molar-refractivity contribution in [1.82, 2.24) is 10.3 Å². The molecule has 1 aromatic carbocycles. The van der Waals surface area contributed by atoms with Gasteiger partial charge >= 0.3 is 0 Å². The predicted octanol–water partition coefficient (Wildman–Crippen LogP) is 2.95. The Morgan fingerprint density at radius 1 is 1.18 bits per heavy atom. The molecule has 2 aromatic rings. The van der Waals surface area contributed by atoms with Gasteiger partial charge in [0.25, 0.3) is 0 Å². The molecule has 0 saturated carbocycles. The lowest BCUT2D eigenvalue weighted by molar-refractivity contribution is 0.646. The summed E-state index contributed by atoms with van der Waals surface area (Å²) in [4.78, 5) is 4.16. The largest absolute Gasteiger partial charge is 0.313 e. The Hall–Kier alpha value is -1.67. The predicted molar refractivity (Wildman–Crippen MR) is 71.0 cm³/mol. The number of hydrogen-bond acceptors (Lipinski definition) is 2. The smallest absolute Gasteiger partial charge is 0.0303 e. The molecule has 2 nitrogen and oxygen atoms in total. The molecule has 17 heavy (non-hydrogen) atoms. The van der Waals surface area contributed by atoms with Gasteiger partial charge in [0.2, 0.25) is 0 Å². The summed E-state index contributed by atoms with van der Waals surface area (Å²) in [7, 11) is 1.99. The van der Waals surface area contributed by atoms with Crippen molar-refractivity contribution in [2.75, 3.05) is 7.05 Å². The van der Waals surface area contributed by atoms with E-state index in [-0.39, 0.29) is 0 Å². The second kappa shape index (κ2) is 5.60. The third kappa shape index (κ3) is 2.92. The third-order valence-electron chi connectivity index (χ3n) is 3.07. The van der Waals surface area contributed by atoms with Gasteiger partial charge in [-0.05, 0) is 43.1 Å². The summed E-state index contributed by atoms with van der Waals surface area (Å²) >= 11 is 0. The fourth-order valence-electron chi connectivity index (χ4n) is 2.00. The van der Waals surface area contributed by atoms with E-state index in [0.29, 0.717) is 6.04 Å². The van der Waals surface area contributed by atoms with Crippen molar-refractivity contribution in [1.29, 1.82) is 0 Å². The first-order chi connectivity index (χ1) is 8.31. The van der Waals surface area contributed by atoms with Crippen molar-refractivity contribution in [3.63, 3.8) is 0 Å². The molecule has 1 unspecified atom stereocenters. The molecular formula is C15H18N2. The van der Waals surface area contributed by atoms with Crippen LogP contribution in [-0.2, 0) is 6.42 Å². The van der Waals surface area contributed by atoms with Crippen molar-refractivity contribution >= 4 is 0 Å². The van der Waals surface area contributed by atoms with E-state index in [9.17, 15) is 0 Å². The Bertz CT molecular complexity index is 465. The molecule has 0 aliphatic carbocycles. The van der Waals surface area contributed by atoms with Gasteiger partial charge in [-0.25, -0.2) is 0 Å². The number of aromatic nitrogens is 1. The number of rotatable bonds is 4. The average molecular weight is 226 g/mol. The molecule has 0 spiro atoms. The molecule has 88 valence electrons. The molecule has 0 saturated heterocycles. The maximum absolute atomic E-state index is 4.16. The van der Waals surface area contributed by atoms with Crippen LogP contribution in [0.25, 0.3) is 0 Å². The van der Waals surface area contributed by atoms with Crippen LogP contribution in [0.5, 0.6) is 0 Å². The molecule has 2 rings (SSSR count). The number of benzene rings is 1. The number of nitrogens with one attached hydrogen (secondary N) is 1. The van der Waals surface area contributed by atoms with Crippen LogP contribution in [0.4, 0.5) is 0 Å². The van der Waals surface area contributed by atoms with Crippen LogP contribution in [0.2, 0.25) is 0 Å². The molecule has 0 aliphatic heterocycles. The normalized spacial score (nSPS) is 12.4. The lowest BCUT2D eigenvalue weighted by Gasteiger charge is -2.15.